The fourth-order valence-corrected chi connectivity index (χ4v) is 2.68. The molecule has 0 unspecified atom stereocenters. The van der Waals surface area contributed by atoms with E-state index in [1.165, 1.54) is 12.1 Å². The molecule has 0 saturated heterocycles. The zero-order chi connectivity index (χ0) is 20.6. The molecule has 6 nitrogen and oxygen atoms in total. The Morgan fingerprint density at radius 2 is 1.45 bits per heavy atom. The minimum atomic E-state index is -0.654. The van der Waals surface area contributed by atoms with Crippen molar-refractivity contribution in [1.82, 2.24) is 0 Å². The fourth-order valence-electron chi connectivity index (χ4n) is 2.68. The summed E-state index contributed by atoms with van der Waals surface area (Å²) >= 11 is 0. The largest absolute Gasteiger partial charge is 0.452 e. The van der Waals surface area contributed by atoms with Crippen LogP contribution in [-0.4, -0.2) is 29.4 Å². The van der Waals surface area contributed by atoms with Crippen molar-refractivity contribution < 1.29 is 24.2 Å². The van der Waals surface area contributed by atoms with Gasteiger partial charge >= 0.3 is 5.97 Å². The number of benzene rings is 3. The van der Waals surface area contributed by atoms with Crippen molar-refractivity contribution in [2.24, 2.45) is 0 Å². The Morgan fingerprint density at radius 3 is 2.14 bits per heavy atom. The Bertz CT molecular complexity index is 1010. The van der Waals surface area contributed by atoms with Crippen molar-refractivity contribution in [3.8, 4) is 0 Å². The summed E-state index contributed by atoms with van der Waals surface area (Å²) in [5.74, 6) is -1.43. The van der Waals surface area contributed by atoms with Crippen LogP contribution < -0.4 is 5.32 Å². The maximum Gasteiger partial charge on any atom is 0.338 e. The number of esters is 1. The number of anilines is 1. The Labute approximate surface area is 167 Å². The molecule has 0 aliphatic carbocycles. The topological polar surface area (TPSA) is 92.7 Å². The molecular weight excluding hydrogens is 370 g/mol. The number of carbonyl (C=O) groups is 3. The van der Waals surface area contributed by atoms with Gasteiger partial charge in [-0.3, -0.25) is 9.59 Å². The zero-order valence-electron chi connectivity index (χ0n) is 15.5. The van der Waals surface area contributed by atoms with Gasteiger partial charge in [-0.25, -0.2) is 4.79 Å². The average molecular weight is 389 g/mol. The van der Waals surface area contributed by atoms with E-state index < -0.39 is 18.5 Å². The summed E-state index contributed by atoms with van der Waals surface area (Å²) in [6, 6.07) is 21.6. The van der Waals surface area contributed by atoms with Crippen LogP contribution in [0, 0.1) is 0 Å². The SMILES string of the molecule is O=C(COC(=O)c1ccc(CO)cc1)Nc1ccccc1C(=O)c1ccccc1. The van der Waals surface area contributed by atoms with E-state index in [1.807, 2.05) is 6.07 Å². The minimum absolute atomic E-state index is 0.126. The lowest BCUT2D eigenvalue weighted by Gasteiger charge is -2.11. The van der Waals surface area contributed by atoms with Gasteiger partial charge in [0.05, 0.1) is 17.9 Å². The number of rotatable bonds is 7. The molecule has 0 aliphatic rings. The van der Waals surface area contributed by atoms with E-state index >= 15 is 0 Å². The molecule has 0 heterocycles. The third-order valence-electron chi connectivity index (χ3n) is 4.19. The van der Waals surface area contributed by atoms with Crippen LogP contribution >= 0.6 is 0 Å². The van der Waals surface area contributed by atoms with Crippen molar-refractivity contribution in [3.05, 3.63) is 101 Å². The van der Waals surface area contributed by atoms with Crippen molar-refractivity contribution in [2.45, 2.75) is 6.61 Å². The summed E-state index contributed by atoms with van der Waals surface area (Å²) in [5.41, 5.74) is 2.13. The molecule has 0 spiro atoms. The summed E-state index contributed by atoms with van der Waals surface area (Å²) in [5, 5.41) is 11.6. The van der Waals surface area contributed by atoms with E-state index in [1.54, 1.807) is 60.7 Å². The first-order valence-electron chi connectivity index (χ1n) is 8.94. The molecular formula is C23H19NO5. The molecule has 0 aromatic heterocycles. The second-order valence-corrected chi connectivity index (χ2v) is 6.22. The highest BCUT2D eigenvalue weighted by molar-refractivity contribution is 6.13. The molecule has 0 aliphatic heterocycles. The van der Waals surface area contributed by atoms with Gasteiger partial charge in [0.1, 0.15) is 0 Å². The third-order valence-corrected chi connectivity index (χ3v) is 4.19. The molecule has 146 valence electrons. The van der Waals surface area contributed by atoms with Crippen LogP contribution in [0.2, 0.25) is 0 Å². The molecule has 3 rings (SSSR count). The van der Waals surface area contributed by atoms with Gasteiger partial charge in [0.2, 0.25) is 0 Å². The van der Waals surface area contributed by atoms with E-state index in [0.29, 0.717) is 22.4 Å². The van der Waals surface area contributed by atoms with E-state index in [-0.39, 0.29) is 18.0 Å². The second-order valence-electron chi connectivity index (χ2n) is 6.22. The van der Waals surface area contributed by atoms with Gasteiger partial charge in [0.25, 0.3) is 5.91 Å². The van der Waals surface area contributed by atoms with Gasteiger partial charge in [0, 0.05) is 11.1 Å². The predicted molar refractivity (Wildman–Crippen MR) is 108 cm³/mol. The number of para-hydroxylation sites is 1. The minimum Gasteiger partial charge on any atom is -0.452 e. The summed E-state index contributed by atoms with van der Waals surface area (Å²) in [4.78, 5) is 37.0. The summed E-state index contributed by atoms with van der Waals surface area (Å²) in [6.07, 6.45) is 0. The predicted octanol–water partition coefficient (Wildman–Crippen LogP) is 3.21. The Kier molecular flexibility index (Phi) is 6.50. The molecule has 0 bridgehead atoms. The molecule has 0 fully saturated rings. The first kappa shape index (κ1) is 20.0. The van der Waals surface area contributed by atoms with Crippen LogP contribution in [0.15, 0.2) is 78.9 Å². The van der Waals surface area contributed by atoms with Gasteiger partial charge in [-0.1, -0.05) is 54.6 Å². The number of aliphatic hydroxyl groups is 1. The molecule has 6 heteroatoms. The van der Waals surface area contributed by atoms with Crippen LogP contribution in [0.25, 0.3) is 0 Å². The Hall–Kier alpha value is -3.77. The number of nitrogens with one attached hydrogen (secondary N) is 1. The number of amides is 1. The highest BCUT2D eigenvalue weighted by Gasteiger charge is 2.16. The smallest absolute Gasteiger partial charge is 0.338 e. The Morgan fingerprint density at radius 1 is 0.793 bits per heavy atom. The molecule has 0 radical (unpaired) electrons. The molecule has 2 N–H and O–H groups in total. The third kappa shape index (κ3) is 5.15. The summed E-state index contributed by atoms with van der Waals surface area (Å²) in [6.45, 7) is -0.618. The fraction of sp³-hybridized carbons (Fsp3) is 0.0870. The van der Waals surface area contributed by atoms with E-state index in [2.05, 4.69) is 5.32 Å². The molecule has 0 saturated carbocycles. The number of carbonyl (C=O) groups excluding carboxylic acids is 3. The van der Waals surface area contributed by atoms with Crippen LogP contribution in [0.5, 0.6) is 0 Å². The molecule has 0 atom stereocenters. The quantitative estimate of drug-likeness (QED) is 0.478. The molecule has 29 heavy (non-hydrogen) atoms. The first-order valence-corrected chi connectivity index (χ1v) is 8.94. The average Bonchev–Trinajstić information content (AvgIpc) is 2.78. The summed E-state index contributed by atoms with van der Waals surface area (Å²) < 4.78 is 5.02. The van der Waals surface area contributed by atoms with Gasteiger partial charge in [-0.15, -0.1) is 0 Å². The molecule has 3 aromatic rings. The van der Waals surface area contributed by atoms with Gasteiger partial charge < -0.3 is 15.2 Å². The number of ether oxygens (including phenoxy) is 1. The summed E-state index contributed by atoms with van der Waals surface area (Å²) in [7, 11) is 0. The van der Waals surface area contributed by atoms with Crippen molar-refractivity contribution in [2.75, 3.05) is 11.9 Å². The van der Waals surface area contributed by atoms with Gasteiger partial charge in [-0.05, 0) is 29.8 Å². The lowest BCUT2D eigenvalue weighted by Crippen LogP contribution is -2.22. The van der Waals surface area contributed by atoms with Crippen molar-refractivity contribution in [1.29, 1.82) is 0 Å². The van der Waals surface area contributed by atoms with Crippen molar-refractivity contribution >= 4 is 23.3 Å². The highest BCUT2D eigenvalue weighted by Crippen LogP contribution is 2.19. The van der Waals surface area contributed by atoms with E-state index in [4.69, 9.17) is 9.84 Å². The van der Waals surface area contributed by atoms with E-state index in [0.717, 1.165) is 0 Å². The number of hydrogen-bond acceptors (Lipinski definition) is 5. The molecule has 1 amide bonds. The van der Waals surface area contributed by atoms with E-state index in [9.17, 15) is 14.4 Å². The lowest BCUT2D eigenvalue weighted by molar-refractivity contribution is -0.119. The van der Waals surface area contributed by atoms with Crippen LogP contribution in [0.1, 0.15) is 31.8 Å². The van der Waals surface area contributed by atoms with Crippen LogP contribution in [-0.2, 0) is 16.1 Å². The normalized spacial score (nSPS) is 10.2. The first-order chi connectivity index (χ1) is 14.1. The lowest BCUT2D eigenvalue weighted by atomic mass is 10.0. The standard InChI is InChI=1S/C23H19NO5/c25-14-16-10-12-18(13-11-16)23(28)29-15-21(26)24-20-9-5-4-8-19(20)22(27)17-6-2-1-3-7-17/h1-13,25H,14-15H2,(H,24,26). The maximum absolute atomic E-state index is 12.7. The van der Waals surface area contributed by atoms with Crippen LogP contribution in [0.3, 0.4) is 0 Å². The number of ketones is 1. The maximum atomic E-state index is 12.7. The molecule has 3 aromatic carbocycles. The monoisotopic (exact) mass is 389 g/mol. The van der Waals surface area contributed by atoms with Crippen LogP contribution in [0.4, 0.5) is 5.69 Å². The second kappa shape index (κ2) is 9.43. The number of aliphatic hydroxyl groups excluding tert-OH is 1. The van der Waals surface area contributed by atoms with Gasteiger partial charge in [-0.2, -0.15) is 0 Å². The Balaban J connectivity index is 1.63. The number of hydrogen-bond donors (Lipinski definition) is 2. The highest BCUT2D eigenvalue weighted by atomic mass is 16.5. The van der Waals surface area contributed by atoms with Gasteiger partial charge in [0.15, 0.2) is 12.4 Å². The van der Waals surface area contributed by atoms with Crippen molar-refractivity contribution in [3.63, 3.8) is 0 Å². The zero-order valence-corrected chi connectivity index (χ0v) is 15.5.